The number of hydrogen-bond acceptors (Lipinski definition) is 3. The van der Waals surface area contributed by atoms with Crippen molar-refractivity contribution in [1.82, 2.24) is 14.5 Å². The summed E-state index contributed by atoms with van der Waals surface area (Å²) in [5.41, 5.74) is 14.2. The first kappa shape index (κ1) is 34.6. The maximum atomic E-state index is 9.73. The third kappa shape index (κ3) is 5.29. The summed E-state index contributed by atoms with van der Waals surface area (Å²) in [7, 11) is 0. The van der Waals surface area contributed by atoms with E-state index in [9.17, 15) is 5.26 Å². The van der Waals surface area contributed by atoms with Crippen LogP contribution in [-0.4, -0.2) is 14.5 Å². The number of hydrogen-bond donors (Lipinski definition) is 0. The number of rotatable bonds is 6. The van der Waals surface area contributed by atoms with Crippen molar-refractivity contribution in [3.05, 3.63) is 234 Å². The molecule has 0 fully saturated rings. The number of fused-ring (bicyclic) bond motifs is 7. The zero-order valence-corrected chi connectivity index (χ0v) is 32.5. The molecule has 0 N–H and O–H groups in total. The monoisotopic (exact) mass is 754 g/mol. The largest absolute Gasteiger partial charge is 0.331 e. The summed E-state index contributed by atoms with van der Waals surface area (Å²) < 4.78 is 2.55. The lowest BCUT2D eigenvalue weighted by molar-refractivity contribution is 0.439. The van der Waals surface area contributed by atoms with Crippen molar-refractivity contribution < 1.29 is 0 Å². The van der Waals surface area contributed by atoms with Crippen molar-refractivity contribution in [3.63, 3.8) is 0 Å². The summed E-state index contributed by atoms with van der Waals surface area (Å²) in [5, 5.41) is 12.2. The van der Waals surface area contributed by atoms with Crippen LogP contribution in [0.4, 0.5) is 0 Å². The van der Waals surface area contributed by atoms with Gasteiger partial charge in [0.1, 0.15) is 0 Å². The van der Waals surface area contributed by atoms with Crippen molar-refractivity contribution in [1.29, 1.82) is 5.26 Å². The molecule has 2 heterocycles. The van der Waals surface area contributed by atoms with Crippen molar-refractivity contribution >= 4 is 27.4 Å². The van der Waals surface area contributed by atoms with Crippen LogP contribution in [0.3, 0.4) is 0 Å². The molecule has 278 valence electrons. The molecule has 0 aliphatic heterocycles. The highest BCUT2D eigenvalue weighted by Crippen LogP contribution is 2.59. The number of para-hydroxylation sites is 1. The Morgan fingerprint density at radius 2 is 1.24 bits per heavy atom. The Kier molecular flexibility index (Phi) is 7.93. The summed E-state index contributed by atoms with van der Waals surface area (Å²) in [6.07, 6.45) is 7.59. The van der Waals surface area contributed by atoms with E-state index in [1.54, 1.807) is 0 Å². The maximum Gasteiger partial charge on any atom is 0.160 e. The second-order valence-electron chi connectivity index (χ2n) is 15.8. The first-order chi connectivity index (χ1) is 29.1. The Morgan fingerprint density at radius 3 is 1.98 bits per heavy atom. The van der Waals surface area contributed by atoms with Crippen LogP contribution in [0.1, 0.15) is 47.0 Å². The van der Waals surface area contributed by atoms with Gasteiger partial charge in [0, 0.05) is 33.0 Å². The van der Waals surface area contributed by atoms with E-state index in [1.165, 1.54) is 55.2 Å². The molecular weight excluding hydrogens is 717 g/mol. The second kappa shape index (κ2) is 13.5. The van der Waals surface area contributed by atoms with Crippen molar-refractivity contribution in [2.75, 3.05) is 0 Å². The molecule has 0 radical (unpaired) electrons. The van der Waals surface area contributed by atoms with Gasteiger partial charge in [0.2, 0.25) is 0 Å². The fourth-order valence-electron chi connectivity index (χ4n) is 9.93. The molecule has 9 aromatic rings. The van der Waals surface area contributed by atoms with Gasteiger partial charge >= 0.3 is 0 Å². The van der Waals surface area contributed by atoms with E-state index in [4.69, 9.17) is 9.97 Å². The van der Waals surface area contributed by atoms with E-state index < -0.39 is 11.0 Å². The lowest BCUT2D eigenvalue weighted by Crippen LogP contribution is -2.29. The van der Waals surface area contributed by atoms with E-state index in [0.29, 0.717) is 11.4 Å². The molecule has 4 nitrogen and oxygen atoms in total. The summed E-state index contributed by atoms with van der Waals surface area (Å²) >= 11 is 0. The molecule has 2 aliphatic carbocycles. The number of benzene rings is 7. The van der Waals surface area contributed by atoms with Crippen LogP contribution in [0.2, 0.25) is 0 Å². The van der Waals surface area contributed by atoms with Gasteiger partial charge < -0.3 is 4.57 Å². The van der Waals surface area contributed by atoms with E-state index in [0.717, 1.165) is 34.5 Å². The molecule has 1 atom stereocenters. The Bertz CT molecular complexity index is 3170. The van der Waals surface area contributed by atoms with Crippen LogP contribution in [0.15, 0.2) is 200 Å². The minimum absolute atomic E-state index is 0.458. The van der Waals surface area contributed by atoms with E-state index >= 15 is 0 Å². The molecule has 0 saturated carbocycles. The first-order valence-electron chi connectivity index (χ1n) is 20.2. The van der Waals surface area contributed by atoms with Crippen molar-refractivity contribution in [2.45, 2.75) is 24.3 Å². The second-order valence-corrected chi connectivity index (χ2v) is 15.8. The maximum absolute atomic E-state index is 9.73. The fraction of sp³-hybridized carbons (Fsp3) is 0.0727. The zero-order chi connectivity index (χ0) is 39.6. The SMILES string of the molecule is CC1(n2c3ccccc3c3c4c(ccc32)C(c2ccccc2)(c2ccccc2)c2ccccc2-4)C=C(c2nc(-c3ccccc3)cc(-c3cccc(C#N)c3)n2)C=CC1. The Hall–Kier alpha value is -7.61. The molecule has 0 spiro atoms. The highest BCUT2D eigenvalue weighted by atomic mass is 15.1. The molecular formula is C55H38N4. The number of nitriles is 1. The summed E-state index contributed by atoms with van der Waals surface area (Å²) in [6, 6.07) is 66.9. The molecule has 1 unspecified atom stereocenters. The van der Waals surface area contributed by atoms with Gasteiger partial charge in [0.25, 0.3) is 0 Å². The molecule has 0 bridgehead atoms. The third-order valence-electron chi connectivity index (χ3n) is 12.4. The fourth-order valence-corrected chi connectivity index (χ4v) is 9.93. The van der Waals surface area contributed by atoms with Crippen LogP contribution >= 0.6 is 0 Å². The van der Waals surface area contributed by atoms with Crippen LogP contribution in [0.25, 0.3) is 61.0 Å². The van der Waals surface area contributed by atoms with Gasteiger partial charge in [-0.3, -0.25) is 0 Å². The number of nitrogens with zero attached hydrogens (tertiary/aromatic N) is 4. The highest BCUT2D eigenvalue weighted by molar-refractivity contribution is 6.18. The van der Waals surface area contributed by atoms with Crippen LogP contribution in [-0.2, 0) is 11.0 Å². The Balaban J connectivity index is 1.15. The third-order valence-corrected chi connectivity index (χ3v) is 12.4. The van der Waals surface area contributed by atoms with Crippen LogP contribution < -0.4 is 0 Å². The minimum atomic E-state index is -0.484. The Labute approximate surface area is 343 Å². The molecule has 4 heteroatoms. The van der Waals surface area contributed by atoms with Crippen molar-refractivity contribution in [3.8, 4) is 39.7 Å². The summed E-state index contributed by atoms with van der Waals surface area (Å²) in [6.45, 7) is 2.33. The van der Waals surface area contributed by atoms with Gasteiger partial charge in [-0.2, -0.15) is 5.26 Å². The molecule has 0 amide bonds. The lowest BCUT2D eigenvalue weighted by atomic mass is 9.67. The molecule has 11 rings (SSSR count). The highest BCUT2D eigenvalue weighted by Gasteiger charge is 2.47. The van der Waals surface area contributed by atoms with Gasteiger partial charge in [0.15, 0.2) is 5.82 Å². The Morgan fingerprint density at radius 1 is 0.593 bits per heavy atom. The molecule has 0 saturated heterocycles. The molecule has 59 heavy (non-hydrogen) atoms. The average molecular weight is 755 g/mol. The van der Waals surface area contributed by atoms with E-state index in [-0.39, 0.29) is 0 Å². The normalized spacial score (nSPS) is 16.4. The van der Waals surface area contributed by atoms with Crippen molar-refractivity contribution in [2.24, 2.45) is 0 Å². The predicted octanol–water partition coefficient (Wildman–Crippen LogP) is 12.9. The first-order valence-corrected chi connectivity index (χ1v) is 20.2. The lowest BCUT2D eigenvalue weighted by Gasteiger charge is -2.34. The van der Waals surface area contributed by atoms with Gasteiger partial charge in [-0.1, -0.05) is 164 Å². The smallest absolute Gasteiger partial charge is 0.160 e. The van der Waals surface area contributed by atoms with E-state index in [1.807, 2.05) is 48.5 Å². The van der Waals surface area contributed by atoms with Gasteiger partial charge in [-0.15, -0.1) is 0 Å². The summed E-state index contributed by atoms with van der Waals surface area (Å²) in [4.78, 5) is 10.4. The van der Waals surface area contributed by atoms with Gasteiger partial charge in [-0.25, -0.2) is 9.97 Å². The minimum Gasteiger partial charge on any atom is -0.331 e. The van der Waals surface area contributed by atoms with Gasteiger partial charge in [0.05, 0.1) is 39.5 Å². The number of aromatic nitrogens is 3. The summed E-state index contributed by atoms with van der Waals surface area (Å²) in [5.74, 6) is 0.650. The van der Waals surface area contributed by atoms with Crippen LogP contribution in [0.5, 0.6) is 0 Å². The average Bonchev–Trinajstić information content (AvgIpc) is 3.81. The van der Waals surface area contributed by atoms with Gasteiger partial charge in [-0.05, 0) is 83.1 Å². The van der Waals surface area contributed by atoms with E-state index in [2.05, 4.69) is 169 Å². The molecule has 2 aliphatic rings. The quantitative estimate of drug-likeness (QED) is 0.170. The molecule has 7 aromatic carbocycles. The van der Waals surface area contributed by atoms with Crippen LogP contribution in [0, 0.1) is 11.3 Å². The predicted molar refractivity (Wildman–Crippen MR) is 240 cm³/mol. The topological polar surface area (TPSA) is 54.5 Å². The number of allylic oxidation sites excluding steroid dienone is 4. The standard InChI is InChI=1S/C55H38N4/c1-54(32-16-21-40(35-54)53-57-47(38-18-5-2-6-19-38)34-48(58-53)39-20-15-17-37(33-39)36-56)59-49-29-14-12-27-44(49)52-50(59)31-30-46-51(52)43-26-11-13-28-45(43)55(46,41-22-7-3-8-23-41)42-24-9-4-10-25-42/h2-31,33-35H,32H2,1H3. The zero-order valence-electron chi connectivity index (χ0n) is 32.5. The molecule has 2 aromatic heterocycles.